The molecule has 7 nitrogen and oxygen atoms in total. The zero-order valence-electron chi connectivity index (χ0n) is 10.8. The number of halogens is 2. The van der Waals surface area contributed by atoms with Gasteiger partial charge in [-0.3, -0.25) is 14.9 Å². The van der Waals surface area contributed by atoms with Crippen LogP contribution in [0.15, 0.2) is 12.1 Å². The van der Waals surface area contributed by atoms with Gasteiger partial charge < -0.3 is 14.7 Å². The highest BCUT2D eigenvalue weighted by atomic mass is 19.2. The van der Waals surface area contributed by atoms with E-state index in [0.717, 1.165) is 6.07 Å². The first-order valence-electron chi connectivity index (χ1n) is 6.10. The number of nitro groups is 1. The minimum absolute atomic E-state index is 0.0284. The van der Waals surface area contributed by atoms with Crippen LogP contribution < -0.4 is 4.90 Å². The number of rotatable bonds is 4. The Hall–Kier alpha value is -2.29. The molecule has 1 unspecified atom stereocenters. The lowest BCUT2D eigenvalue weighted by atomic mass is 10.1. The molecule has 1 heterocycles. The molecule has 1 aliphatic rings. The van der Waals surface area contributed by atoms with Gasteiger partial charge in [-0.1, -0.05) is 0 Å². The van der Waals surface area contributed by atoms with Gasteiger partial charge in [-0.05, 0) is 6.07 Å². The van der Waals surface area contributed by atoms with Crippen LogP contribution in [0, 0.1) is 21.7 Å². The van der Waals surface area contributed by atoms with E-state index < -0.39 is 46.4 Å². The summed E-state index contributed by atoms with van der Waals surface area (Å²) in [6, 6.07) is 0.733. The number of aliphatic carboxylic acids is 1. The van der Waals surface area contributed by atoms with E-state index in [9.17, 15) is 23.7 Å². The Balaban J connectivity index is 2.49. The molecule has 0 spiro atoms. The van der Waals surface area contributed by atoms with Gasteiger partial charge >= 0.3 is 5.97 Å². The van der Waals surface area contributed by atoms with E-state index in [2.05, 4.69) is 0 Å². The van der Waals surface area contributed by atoms with Crippen molar-refractivity contribution < 1.29 is 28.3 Å². The standard InChI is InChI=1S/C12H12F2N2O5/c13-8-1-2-9(16(19)20)12(11(8)14)15-3-4-21-6-7(15)5-10(17)18/h1-2,7H,3-6H2,(H,17,18). The Morgan fingerprint density at radius 3 is 2.86 bits per heavy atom. The molecular formula is C12H12F2N2O5. The summed E-state index contributed by atoms with van der Waals surface area (Å²) < 4.78 is 32.5. The molecule has 9 heteroatoms. The highest BCUT2D eigenvalue weighted by molar-refractivity contribution is 5.70. The Labute approximate surface area is 117 Å². The van der Waals surface area contributed by atoms with Crippen molar-refractivity contribution in [2.75, 3.05) is 24.7 Å². The van der Waals surface area contributed by atoms with Crippen molar-refractivity contribution in [1.29, 1.82) is 0 Å². The van der Waals surface area contributed by atoms with Gasteiger partial charge in [0.05, 0.1) is 30.6 Å². The second-order valence-corrected chi connectivity index (χ2v) is 4.51. The molecule has 1 saturated heterocycles. The van der Waals surface area contributed by atoms with Gasteiger partial charge in [-0.15, -0.1) is 0 Å². The predicted molar refractivity (Wildman–Crippen MR) is 67.2 cm³/mol. The maximum absolute atomic E-state index is 14.0. The van der Waals surface area contributed by atoms with Gasteiger partial charge in [-0.2, -0.15) is 0 Å². The summed E-state index contributed by atoms with van der Waals surface area (Å²) in [6.45, 7) is 0.155. The number of anilines is 1. The summed E-state index contributed by atoms with van der Waals surface area (Å²) in [4.78, 5) is 22.2. The number of benzene rings is 1. The molecule has 2 rings (SSSR count). The first kappa shape index (κ1) is 15.1. The zero-order chi connectivity index (χ0) is 15.6. The van der Waals surface area contributed by atoms with Gasteiger partial charge in [0.2, 0.25) is 0 Å². The van der Waals surface area contributed by atoms with Crippen LogP contribution in [0.25, 0.3) is 0 Å². The third kappa shape index (κ3) is 3.07. The highest BCUT2D eigenvalue weighted by Crippen LogP contribution is 2.35. The fourth-order valence-electron chi connectivity index (χ4n) is 2.27. The number of hydrogen-bond donors (Lipinski definition) is 1. The summed E-state index contributed by atoms with van der Waals surface area (Å²) >= 11 is 0. The monoisotopic (exact) mass is 302 g/mol. The first-order chi connectivity index (χ1) is 9.91. The number of carboxylic acid groups (broad SMARTS) is 1. The second-order valence-electron chi connectivity index (χ2n) is 4.51. The van der Waals surface area contributed by atoms with Gasteiger partial charge in [0.15, 0.2) is 17.3 Å². The summed E-state index contributed by atoms with van der Waals surface area (Å²) in [7, 11) is 0. The van der Waals surface area contributed by atoms with E-state index >= 15 is 0 Å². The average Bonchev–Trinajstić information content (AvgIpc) is 2.41. The molecule has 0 amide bonds. The van der Waals surface area contributed by atoms with E-state index in [-0.39, 0.29) is 19.8 Å². The highest BCUT2D eigenvalue weighted by Gasteiger charge is 2.33. The number of nitro benzene ring substituents is 1. The predicted octanol–water partition coefficient (Wildman–Crippen LogP) is 1.55. The van der Waals surface area contributed by atoms with Crippen molar-refractivity contribution in [3.63, 3.8) is 0 Å². The van der Waals surface area contributed by atoms with Crippen LogP contribution >= 0.6 is 0 Å². The topological polar surface area (TPSA) is 92.9 Å². The maximum Gasteiger partial charge on any atom is 0.305 e. The van der Waals surface area contributed by atoms with E-state index in [1.54, 1.807) is 0 Å². The fourth-order valence-corrected chi connectivity index (χ4v) is 2.27. The minimum atomic E-state index is -1.36. The maximum atomic E-state index is 14.0. The van der Waals surface area contributed by atoms with Crippen molar-refractivity contribution in [2.45, 2.75) is 12.5 Å². The zero-order valence-corrected chi connectivity index (χ0v) is 10.8. The molecular weight excluding hydrogens is 290 g/mol. The van der Waals surface area contributed by atoms with Crippen molar-refractivity contribution in [2.24, 2.45) is 0 Å². The largest absolute Gasteiger partial charge is 0.481 e. The van der Waals surface area contributed by atoms with E-state index in [4.69, 9.17) is 9.84 Å². The van der Waals surface area contributed by atoms with Crippen LogP contribution in [0.4, 0.5) is 20.2 Å². The molecule has 1 atom stereocenters. The van der Waals surface area contributed by atoms with Crippen molar-refractivity contribution in [1.82, 2.24) is 0 Å². The number of ether oxygens (including phenoxy) is 1. The van der Waals surface area contributed by atoms with Crippen LogP contribution in [-0.4, -0.2) is 41.8 Å². The Kier molecular flexibility index (Phi) is 4.32. The minimum Gasteiger partial charge on any atom is -0.481 e. The lowest BCUT2D eigenvalue weighted by molar-refractivity contribution is -0.384. The van der Waals surface area contributed by atoms with E-state index in [1.165, 1.54) is 4.90 Å². The fraction of sp³-hybridized carbons (Fsp3) is 0.417. The number of nitrogens with zero attached hydrogens (tertiary/aromatic N) is 2. The van der Waals surface area contributed by atoms with Crippen LogP contribution in [-0.2, 0) is 9.53 Å². The molecule has 1 fully saturated rings. The molecule has 0 radical (unpaired) electrons. The lowest BCUT2D eigenvalue weighted by Crippen LogP contribution is -2.47. The molecule has 0 saturated carbocycles. The molecule has 0 bridgehead atoms. The summed E-state index contributed by atoms with van der Waals surface area (Å²) in [5, 5.41) is 19.8. The SMILES string of the molecule is O=C(O)CC1COCCN1c1c([N+](=O)[O-])ccc(F)c1F. The molecule has 1 aliphatic heterocycles. The number of carboxylic acids is 1. The van der Waals surface area contributed by atoms with Gasteiger partial charge in [0.1, 0.15) is 0 Å². The first-order valence-corrected chi connectivity index (χ1v) is 6.10. The Morgan fingerprint density at radius 1 is 1.52 bits per heavy atom. The molecule has 1 N–H and O–H groups in total. The number of morpholine rings is 1. The van der Waals surface area contributed by atoms with E-state index in [0.29, 0.717) is 6.07 Å². The average molecular weight is 302 g/mol. The second kappa shape index (κ2) is 6.00. The Morgan fingerprint density at radius 2 is 2.24 bits per heavy atom. The lowest BCUT2D eigenvalue weighted by Gasteiger charge is -2.36. The van der Waals surface area contributed by atoms with Crippen LogP contribution in [0.1, 0.15) is 6.42 Å². The normalized spacial score (nSPS) is 18.6. The summed E-state index contributed by atoms with van der Waals surface area (Å²) in [5.41, 5.74) is -1.14. The molecule has 0 aromatic heterocycles. The van der Waals surface area contributed by atoms with Crippen LogP contribution in [0.5, 0.6) is 0 Å². The molecule has 114 valence electrons. The van der Waals surface area contributed by atoms with Crippen molar-refractivity contribution in [3.8, 4) is 0 Å². The Bertz CT molecular complexity index is 581. The number of carbonyl (C=O) groups is 1. The van der Waals surface area contributed by atoms with Crippen molar-refractivity contribution >= 4 is 17.3 Å². The molecule has 1 aromatic rings. The molecule has 21 heavy (non-hydrogen) atoms. The summed E-state index contributed by atoms with van der Waals surface area (Å²) in [5.74, 6) is -3.74. The van der Waals surface area contributed by atoms with Crippen LogP contribution in [0.2, 0.25) is 0 Å². The molecule has 1 aromatic carbocycles. The third-order valence-corrected chi connectivity index (χ3v) is 3.17. The van der Waals surface area contributed by atoms with Gasteiger partial charge in [-0.25, -0.2) is 8.78 Å². The third-order valence-electron chi connectivity index (χ3n) is 3.17. The van der Waals surface area contributed by atoms with Crippen LogP contribution in [0.3, 0.4) is 0 Å². The summed E-state index contributed by atoms with van der Waals surface area (Å²) in [6.07, 6.45) is -0.396. The quantitative estimate of drug-likeness (QED) is 0.670. The van der Waals surface area contributed by atoms with Gasteiger partial charge in [0.25, 0.3) is 5.69 Å². The molecule has 0 aliphatic carbocycles. The smallest absolute Gasteiger partial charge is 0.305 e. The van der Waals surface area contributed by atoms with E-state index in [1.807, 2.05) is 0 Å². The van der Waals surface area contributed by atoms with Crippen molar-refractivity contribution in [3.05, 3.63) is 33.9 Å². The number of hydrogen-bond acceptors (Lipinski definition) is 5. The van der Waals surface area contributed by atoms with Gasteiger partial charge in [0, 0.05) is 12.6 Å².